The van der Waals surface area contributed by atoms with Crippen molar-refractivity contribution in [1.82, 2.24) is 0 Å². The number of carbonyl (C=O) groups is 1. The summed E-state index contributed by atoms with van der Waals surface area (Å²) >= 11 is 0. The molecule has 0 radical (unpaired) electrons. The molecule has 0 aliphatic heterocycles. The molecule has 0 aromatic heterocycles. The van der Waals surface area contributed by atoms with Gasteiger partial charge in [-0.25, -0.2) is 0 Å². The molecule has 1 nitrogen and oxygen atoms in total. The summed E-state index contributed by atoms with van der Waals surface area (Å²) in [6.07, 6.45) is 19.3. The maximum absolute atomic E-state index is 10.4. The number of allylic oxidation sites excluding steroid dienone is 2. The predicted octanol–water partition coefficient (Wildman–Crippen LogP) is 5.83. The second kappa shape index (κ2) is 14.5. The van der Waals surface area contributed by atoms with E-state index in [1.165, 1.54) is 70.6 Å². The lowest BCUT2D eigenvalue weighted by Gasteiger charge is -2.01. The fraction of sp³-hybridized carbons (Fsp3) is 0.824. The number of hydrogen-bond donors (Lipinski definition) is 0. The monoisotopic (exact) mass is 252 g/mol. The first-order valence-electron chi connectivity index (χ1n) is 7.93. The number of rotatable bonds is 13. The van der Waals surface area contributed by atoms with Gasteiger partial charge < -0.3 is 0 Å². The van der Waals surface area contributed by atoms with Crippen molar-refractivity contribution in [3.8, 4) is 0 Å². The quantitative estimate of drug-likeness (QED) is 0.229. The van der Waals surface area contributed by atoms with Gasteiger partial charge in [-0.1, -0.05) is 77.2 Å². The molecule has 0 bridgehead atoms. The zero-order valence-electron chi connectivity index (χ0n) is 12.5. The fourth-order valence-electron chi connectivity index (χ4n) is 2.19. The van der Waals surface area contributed by atoms with Crippen molar-refractivity contribution in [2.24, 2.45) is 0 Å². The lowest BCUT2D eigenvalue weighted by molar-refractivity contribution is -0.104. The highest BCUT2D eigenvalue weighted by Crippen LogP contribution is 2.12. The van der Waals surface area contributed by atoms with Crippen molar-refractivity contribution in [3.05, 3.63) is 11.6 Å². The van der Waals surface area contributed by atoms with Crippen LogP contribution in [0.4, 0.5) is 0 Å². The first-order valence-corrected chi connectivity index (χ1v) is 7.93. The van der Waals surface area contributed by atoms with Crippen LogP contribution in [0.15, 0.2) is 11.6 Å². The molecule has 0 aliphatic rings. The van der Waals surface area contributed by atoms with Gasteiger partial charge in [-0.05, 0) is 25.3 Å². The highest BCUT2D eigenvalue weighted by atomic mass is 16.1. The van der Waals surface area contributed by atoms with E-state index >= 15 is 0 Å². The molecule has 0 N–H and O–H groups in total. The molecular formula is C17H32O. The van der Waals surface area contributed by atoms with E-state index in [9.17, 15) is 4.79 Å². The SMILES string of the molecule is CCCCCCCCCCCCC/C=C(\C)C=O. The van der Waals surface area contributed by atoms with Crippen LogP contribution in [-0.2, 0) is 4.79 Å². The van der Waals surface area contributed by atoms with Crippen LogP contribution < -0.4 is 0 Å². The molecule has 106 valence electrons. The van der Waals surface area contributed by atoms with Gasteiger partial charge in [0.2, 0.25) is 0 Å². The number of unbranched alkanes of at least 4 members (excludes halogenated alkanes) is 11. The van der Waals surface area contributed by atoms with Crippen LogP contribution in [0.1, 0.15) is 90.9 Å². The second-order valence-corrected chi connectivity index (χ2v) is 5.39. The Morgan fingerprint density at radius 1 is 0.778 bits per heavy atom. The Morgan fingerprint density at radius 3 is 1.67 bits per heavy atom. The van der Waals surface area contributed by atoms with Crippen LogP contribution in [-0.4, -0.2) is 6.29 Å². The molecule has 0 unspecified atom stereocenters. The minimum atomic E-state index is 0.877. The van der Waals surface area contributed by atoms with E-state index in [0.717, 1.165) is 18.3 Å². The average Bonchev–Trinajstić information content (AvgIpc) is 2.39. The van der Waals surface area contributed by atoms with E-state index in [1.807, 2.05) is 6.92 Å². The Morgan fingerprint density at radius 2 is 1.22 bits per heavy atom. The van der Waals surface area contributed by atoms with Gasteiger partial charge in [-0.15, -0.1) is 0 Å². The minimum Gasteiger partial charge on any atom is -0.298 e. The van der Waals surface area contributed by atoms with Gasteiger partial charge >= 0.3 is 0 Å². The standard InChI is InChI=1S/C17H32O/c1-3-4-5-6-7-8-9-10-11-12-13-14-15-17(2)16-18/h15-16H,3-14H2,1-2H3/b17-15+. The van der Waals surface area contributed by atoms with Crippen LogP contribution >= 0.6 is 0 Å². The maximum Gasteiger partial charge on any atom is 0.145 e. The highest BCUT2D eigenvalue weighted by molar-refractivity contribution is 5.71. The first kappa shape index (κ1) is 17.4. The van der Waals surface area contributed by atoms with E-state index < -0.39 is 0 Å². The van der Waals surface area contributed by atoms with Gasteiger partial charge in [0.25, 0.3) is 0 Å². The molecule has 0 saturated carbocycles. The van der Waals surface area contributed by atoms with Gasteiger partial charge in [-0.3, -0.25) is 4.79 Å². The molecule has 0 spiro atoms. The van der Waals surface area contributed by atoms with Crippen LogP contribution in [0.3, 0.4) is 0 Å². The normalized spacial score (nSPS) is 11.8. The average molecular weight is 252 g/mol. The summed E-state index contributed by atoms with van der Waals surface area (Å²) in [5.74, 6) is 0. The molecule has 0 atom stereocenters. The zero-order chi connectivity index (χ0) is 13.5. The number of hydrogen-bond acceptors (Lipinski definition) is 1. The summed E-state index contributed by atoms with van der Waals surface area (Å²) in [5.41, 5.74) is 0.877. The Balaban J connectivity index is 3.05. The minimum absolute atomic E-state index is 0.877. The van der Waals surface area contributed by atoms with E-state index in [-0.39, 0.29) is 0 Å². The molecule has 1 heteroatoms. The van der Waals surface area contributed by atoms with Crippen LogP contribution in [0, 0.1) is 0 Å². The number of aldehydes is 1. The van der Waals surface area contributed by atoms with E-state index in [2.05, 4.69) is 13.0 Å². The molecule has 0 aromatic carbocycles. The van der Waals surface area contributed by atoms with Gasteiger partial charge in [0.1, 0.15) is 6.29 Å². The van der Waals surface area contributed by atoms with Crippen LogP contribution in [0.25, 0.3) is 0 Å². The molecule has 0 aliphatic carbocycles. The van der Waals surface area contributed by atoms with Crippen molar-refractivity contribution < 1.29 is 4.79 Å². The largest absolute Gasteiger partial charge is 0.298 e. The van der Waals surface area contributed by atoms with Crippen molar-refractivity contribution in [1.29, 1.82) is 0 Å². The summed E-state index contributed by atoms with van der Waals surface area (Å²) in [5, 5.41) is 0. The van der Waals surface area contributed by atoms with Gasteiger partial charge in [0, 0.05) is 0 Å². The van der Waals surface area contributed by atoms with E-state index in [0.29, 0.717) is 0 Å². The molecule has 0 amide bonds. The Hall–Kier alpha value is -0.590. The molecular weight excluding hydrogens is 220 g/mol. The smallest absolute Gasteiger partial charge is 0.145 e. The zero-order valence-corrected chi connectivity index (χ0v) is 12.5. The first-order chi connectivity index (χ1) is 8.81. The van der Waals surface area contributed by atoms with Crippen molar-refractivity contribution in [3.63, 3.8) is 0 Å². The highest BCUT2D eigenvalue weighted by Gasteiger charge is 1.92. The van der Waals surface area contributed by atoms with Crippen LogP contribution in [0.2, 0.25) is 0 Å². The molecule has 0 fully saturated rings. The van der Waals surface area contributed by atoms with Crippen molar-refractivity contribution in [2.45, 2.75) is 90.9 Å². The third kappa shape index (κ3) is 13.5. The van der Waals surface area contributed by atoms with Crippen LogP contribution in [0.5, 0.6) is 0 Å². The fourth-order valence-corrected chi connectivity index (χ4v) is 2.19. The van der Waals surface area contributed by atoms with E-state index in [1.54, 1.807) is 0 Å². The lowest BCUT2D eigenvalue weighted by Crippen LogP contribution is -1.82. The summed E-state index contributed by atoms with van der Waals surface area (Å²) in [4.78, 5) is 10.4. The topological polar surface area (TPSA) is 17.1 Å². The van der Waals surface area contributed by atoms with Gasteiger partial charge in [-0.2, -0.15) is 0 Å². The third-order valence-electron chi connectivity index (χ3n) is 3.46. The predicted molar refractivity (Wildman–Crippen MR) is 80.9 cm³/mol. The summed E-state index contributed by atoms with van der Waals surface area (Å²) in [7, 11) is 0. The third-order valence-corrected chi connectivity index (χ3v) is 3.46. The summed E-state index contributed by atoms with van der Waals surface area (Å²) in [6, 6.07) is 0. The van der Waals surface area contributed by atoms with Crippen molar-refractivity contribution >= 4 is 6.29 Å². The maximum atomic E-state index is 10.4. The number of carbonyl (C=O) groups excluding carboxylic acids is 1. The molecule has 0 saturated heterocycles. The summed E-state index contributed by atoms with van der Waals surface area (Å²) < 4.78 is 0. The molecule has 0 aromatic rings. The Kier molecular flexibility index (Phi) is 14.0. The van der Waals surface area contributed by atoms with Gasteiger partial charge in [0.15, 0.2) is 0 Å². The van der Waals surface area contributed by atoms with Crippen molar-refractivity contribution in [2.75, 3.05) is 0 Å². The molecule has 18 heavy (non-hydrogen) atoms. The summed E-state index contributed by atoms with van der Waals surface area (Å²) in [6.45, 7) is 4.15. The molecule has 0 heterocycles. The molecule has 0 rings (SSSR count). The lowest BCUT2D eigenvalue weighted by atomic mass is 10.0. The van der Waals surface area contributed by atoms with E-state index in [4.69, 9.17) is 0 Å². The second-order valence-electron chi connectivity index (χ2n) is 5.39. The Labute approximate surface area is 114 Å². The van der Waals surface area contributed by atoms with Gasteiger partial charge in [0.05, 0.1) is 0 Å². The Bertz CT molecular complexity index is 206.